The van der Waals surface area contributed by atoms with Gasteiger partial charge in [0.1, 0.15) is 0 Å². The maximum Gasteiger partial charge on any atom is 0.0631 e. The van der Waals surface area contributed by atoms with E-state index in [1.54, 1.807) is 0 Å². The number of allylic oxidation sites excluding steroid dienone is 1. The normalized spacial score (nSPS) is 25.8. The maximum absolute atomic E-state index is 4.48. The van der Waals surface area contributed by atoms with Gasteiger partial charge in [0, 0.05) is 14.1 Å². The zero-order valence-electron chi connectivity index (χ0n) is 10.8. The number of rotatable bonds is 1. The fraction of sp³-hybridized carbons (Fsp3) is 0.769. The second-order valence-electron chi connectivity index (χ2n) is 5.80. The molecule has 1 unspecified atom stereocenters. The van der Waals surface area contributed by atoms with Crippen LogP contribution in [0.1, 0.15) is 40.0 Å². The van der Waals surface area contributed by atoms with Gasteiger partial charge in [-0.3, -0.25) is 0 Å². The van der Waals surface area contributed by atoms with E-state index in [9.17, 15) is 0 Å². The number of hydrogen-bond acceptors (Lipinski definition) is 2. The largest absolute Gasteiger partial charge is 0.303 e. The van der Waals surface area contributed by atoms with Crippen LogP contribution in [-0.2, 0) is 0 Å². The lowest BCUT2D eigenvalue weighted by Crippen LogP contribution is -2.28. The Balaban J connectivity index is 2.68. The lowest BCUT2D eigenvalue weighted by atomic mass is 9.71. The monoisotopic (exact) mass is 208 g/mol. The molecule has 0 aromatic rings. The molecule has 86 valence electrons. The Labute approximate surface area is 94.0 Å². The predicted molar refractivity (Wildman–Crippen MR) is 67.1 cm³/mol. The fourth-order valence-electron chi connectivity index (χ4n) is 2.11. The van der Waals surface area contributed by atoms with Gasteiger partial charge in [0.15, 0.2) is 0 Å². The lowest BCUT2D eigenvalue weighted by molar-refractivity contribution is 0.222. The van der Waals surface area contributed by atoms with Crippen LogP contribution in [0.3, 0.4) is 0 Å². The van der Waals surface area contributed by atoms with Gasteiger partial charge in [-0.25, -0.2) is 0 Å². The molecule has 1 fully saturated rings. The molecule has 1 saturated carbocycles. The molecule has 2 nitrogen and oxygen atoms in total. The second kappa shape index (κ2) is 4.38. The minimum atomic E-state index is 0.395. The maximum atomic E-state index is 4.48. The Morgan fingerprint density at radius 1 is 1.33 bits per heavy atom. The van der Waals surface area contributed by atoms with Crippen molar-refractivity contribution in [3.05, 3.63) is 12.2 Å². The first-order valence-corrected chi connectivity index (χ1v) is 5.73. The molecular weight excluding hydrogens is 184 g/mol. The van der Waals surface area contributed by atoms with E-state index in [0.29, 0.717) is 5.41 Å². The summed E-state index contributed by atoms with van der Waals surface area (Å²) in [6.07, 6.45) is 3.43. The van der Waals surface area contributed by atoms with Crippen molar-refractivity contribution in [1.82, 2.24) is 5.01 Å². The minimum absolute atomic E-state index is 0.395. The van der Waals surface area contributed by atoms with Crippen LogP contribution in [0.5, 0.6) is 0 Å². The standard InChI is InChI=1S/C13H24N2/c1-10-9-11(13(2,3)4)7-8-12(10)14-15(5)6/h11H,1,7-9H2,2-6H3/b14-12-. The third-order valence-electron chi connectivity index (χ3n) is 3.18. The van der Waals surface area contributed by atoms with E-state index in [-0.39, 0.29) is 0 Å². The van der Waals surface area contributed by atoms with E-state index in [0.717, 1.165) is 18.8 Å². The summed E-state index contributed by atoms with van der Waals surface area (Å²) in [7, 11) is 3.94. The summed E-state index contributed by atoms with van der Waals surface area (Å²) < 4.78 is 0. The molecule has 0 amide bonds. The summed E-state index contributed by atoms with van der Waals surface area (Å²) in [6, 6.07) is 0. The zero-order valence-corrected chi connectivity index (χ0v) is 10.8. The topological polar surface area (TPSA) is 15.6 Å². The van der Waals surface area contributed by atoms with Crippen LogP contribution in [-0.4, -0.2) is 24.8 Å². The van der Waals surface area contributed by atoms with E-state index in [1.165, 1.54) is 17.7 Å². The smallest absolute Gasteiger partial charge is 0.0631 e. The van der Waals surface area contributed by atoms with Gasteiger partial charge in [0.25, 0.3) is 0 Å². The molecule has 1 aliphatic carbocycles. The Morgan fingerprint density at radius 2 is 1.93 bits per heavy atom. The Morgan fingerprint density at radius 3 is 2.33 bits per heavy atom. The number of hydrazone groups is 1. The molecule has 0 aromatic carbocycles. The molecule has 0 bridgehead atoms. The summed E-state index contributed by atoms with van der Waals surface area (Å²) >= 11 is 0. The van der Waals surface area contributed by atoms with E-state index < -0.39 is 0 Å². The predicted octanol–water partition coefficient (Wildman–Crippen LogP) is 3.31. The summed E-state index contributed by atoms with van der Waals surface area (Å²) in [4.78, 5) is 0. The third-order valence-corrected chi connectivity index (χ3v) is 3.18. The van der Waals surface area contributed by atoms with Gasteiger partial charge in [-0.1, -0.05) is 27.4 Å². The highest BCUT2D eigenvalue weighted by Crippen LogP contribution is 2.38. The van der Waals surface area contributed by atoms with Crippen molar-refractivity contribution < 1.29 is 0 Å². The summed E-state index contributed by atoms with van der Waals surface area (Å²) in [5.41, 5.74) is 2.82. The van der Waals surface area contributed by atoms with Gasteiger partial charge in [-0.2, -0.15) is 5.10 Å². The summed E-state index contributed by atoms with van der Waals surface area (Å²) in [5.74, 6) is 0.756. The van der Waals surface area contributed by atoms with Gasteiger partial charge >= 0.3 is 0 Å². The van der Waals surface area contributed by atoms with Crippen LogP contribution in [0.15, 0.2) is 17.3 Å². The van der Waals surface area contributed by atoms with Gasteiger partial charge in [-0.05, 0) is 36.2 Å². The molecule has 1 rings (SSSR count). The average molecular weight is 208 g/mol. The van der Waals surface area contributed by atoms with Crippen molar-refractivity contribution in [1.29, 1.82) is 0 Å². The highest BCUT2D eigenvalue weighted by molar-refractivity contribution is 6.00. The van der Waals surface area contributed by atoms with E-state index in [2.05, 4.69) is 32.5 Å². The van der Waals surface area contributed by atoms with E-state index in [1.807, 2.05) is 19.1 Å². The van der Waals surface area contributed by atoms with Crippen molar-refractivity contribution in [2.75, 3.05) is 14.1 Å². The molecule has 15 heavy (non-hydrogen) atoms. The average Bonchev–Trinajstić information content (AvgIpc) is 2.05. The molecule has 1 aliphatic rings. The molecule has 0 saturated heterocycles. The highest BCUT2D eigenvalue weighted by Gasteiger charge is 2.29. The third kappa shape index (κ3) is 3.37. The van der Waals surface area contributed by atoms with Crippen LogP contribution in [0, 0.1) is 11.3 Å². The van der Waals surface area contributed by atoms with Crippen molar-refractivity contribution >= 4 is 5.71 Å². The molecule has 0 spiro atoms. The van der Waals surface area contributed by atoms with Crippen LogP contribution < -0.4 is 0 Å². The quantitative estimate of drug-likeness (QED) is 0.604. The number of hydrogen-bond donors (Lipinski definition) is 0. The molecule has 0 radical (unpaired) electrons. The molecule has 2 heteroatoms. The highest BCUT2D eigenvalue weighted by atomic mass is 15.4. The van der Waals surface area contributed by atoms with Gasteiger partial charge in [-0.15, -0.1) is 0 Å². The zero-order chi connectivity index (χ0) is 11.6. The van der Waals surface area contributed by atoms with E-state index >= 15 is 0 Å². The SMILES string of the molecule is C=C1CC(C(C)(C)C)CC/C1=N/N(C)C. The van der Waals surface area contributed by atoms with E-state index in [4.69, 9.17) is 0 Å². The second-order valence-corrected chi connectivity index (χ2v) is 5.80. The van der Waals surface area contributed by atoms with Gasteiger partial charge < -0.3 is 5.01 Å². The molecule has 0 N–H and O–H groups in total. The van der Waals surface area contributed by atoms with Crippen molar-refractivity contribution in [2.45, 2.75) is 40.0 Å². The number of nitrogens with zero attached hydrogens (tertiary/aromatic N) is 2. The first kappa shape index (κ1) is 12.3. The molecule has 0 heterocycles. The Kier molecular flexibility index (Phi) is 3.58. The Bertz CT molecular complexity index is 269. The minimum Gasteiger partial charge on any atom is -0.303 e. The van der Waals surface area contributed by atoms with Gasteiger partial charge in [0.05, 0.1) is 5.71 Å². The lowest BCUT2D eigenvalue weighted by Gasteiger charge is -2.35. The van der Waals surface area contributed by atoms with Crippen molar-refractivity contribution in [3.63, 3.8) is 0 Å². The fourth-order valence-corrected chi connectivity index (χ4v) is 2.11. The summed E-state index contributed by atoms with van der Waals surface area (Å²) in [6.45, 7) is 11.1. The molecule has 0 aliphatic heterocycles. The molecular formula is C13H24N2. The Hall–Kier alpha value is -0.790. The molecule has 1 atom stereocenters. The first-order valence-electron chi connectivity index (χ1n) is 5.73. The first-order chi connectivity index (χ1) is 6.80. The van der Waals surface area contributed by atoms with Gasteiger partial charge in [0.2, 0.25) is 0 Å². The van der Waals surface area contributed by atoms with Crippen molar-refractivity contribution in [3.8, 4) is 0 Å². The van der Waals surface area contributed by atoms with Crippen LogP contribution in [0.4, 0.5) is 0 Å². The van der Waals surface area contributed by atoms with Crippen LogP contribution >= 0.6 is 0 Å². The van der Waals surface area contributed by atoms with Crippen molar-refractivity contribution in [2.24, 2.45) is 16.4 Å². The molecule has 0 aromatic heterocycles. The van der Waals surface area contributed by atoms with Crippen LogP contribution in [0.25, 0.3) is 0 Å². The van der Waals surface area contributed by atoms with Crippen LogP contribution in [0.2, 0.25) is 0 Å². The summed E-state index contributed by atoms with van der Waals surface area (Å²) in [5, 5.41) is 6.36.